The van der Waals surface area contributed by atoms with E-state index < -0.39 is 11.5 Å². The maximum Gasteiger partial charge on any atom is 0.257 e. The lowest BCUT2D eigenvalue weighted by molar-refractivity contribution is -0.0241. The Morgan fingerprint density at radius 3 is 2.71 bits per heavy atom. The summed E-state index contributed by atoms with van der Waals surface area (Å²) in [4.78, 5) is 18.0. The summed E-state index contributed by atoms with van der Waals surface area (Å²) in [5.74, 6) is -0.749. The van der Waals surface area contributed by atoms with Gasteiger partial charge in [0.05, 0.1) is 17.4 Å². The minimum Gasteiger partial charge on any atom is -0.385 e. The van der Waals surface area contributed by atoms with E-state index in [4.69, 9.17) is 0 Å². The summed E-state index contributed by atoms with van der Waals surface area (Å²) >= 11 is 0. The molecule has 0 radical (unpaired) electrons. The topological polar surface area (TPSA) is 71.2 Å². The standard InChI is InChI=1S/C17H21FN4O2/c1-3-22-12(2)13(11-20-22)16(23)21-9-6-17(24,7-10-21)14-5-4-8-19-15(14)18/h4-5,8,11,24H,3,6-7,9-10H2,1-2H3. The van der Waals surface area contributed by atoms with Crippen LogP contribution in [0.15, 0.2) is 24.5 Å². The van der Waals surface area contributed by atoms with Crippen LogP contribution in [0.4, 0.5) is 4.39 Å². The van der Waals surface area contributed by atoms with E-state index in [1.165, 1.54) is 6.20 Å². The minimum atomic E-state index is -1.28. The Morgan fingerprint density at radius 2 is 2.12 bits per heavy atom. The summed E-state index contributed by atoms with van der Waals surface area (Å²) in [6.45, 7) is 5.27. The van der Waals surface area contributed by atoms with E-state index in [9.17, 15) is 14.3 Å². The van der Waals surface area contributed by atoms with Crippen LogP contribution in [-0.2, 0) is 12.1 Å². The van der Waals surface area contributed by atoms with Crippen LogP contribution in [0, 0.1) is 12.9 Å². The van der Waals surface area contributed by atoms with Crippen molar-refractivity contribution < 1.29 is 14.3 Å². The number of aromatic nitrogens is 3. The molecule has 0 unspecified atom stereocenters. The van der Waals surface area contributed by atoms with Gasteiger partial charge in [0.2, 0.25) is 5.95 Å². The zero-order valence-corrected chi connectivity index (χ0v) is 13.9. The van der Waals surface area contributed by atoms with Crippen LogP contribution >= 0.6 is 0 Å². The number of likely N-dealkylation sites (tertiary alicyclic amines) is 1. The Morgan fingerprint density at radius 1 is 1.42 bits per heavy atom. The van der Waals surface area contributed by atoms with Crippen LogP contribution in [0.3, 0.4) is 0 Å². The molecule has 0 aromatic carbocycles. The highest BCUT2D eigenvalue weighted by molar-refractivity contribution is 5.95. The third-order valence-electron chi connectivity index (χ3n) is 4.77. The van der Waals surface area contributed by atoms with Crippen molar-refractivity contribution in [1.82, 2.24) is 19.7 Å². The molecule has 0 aliphatic carbocycles. The molecule has 0 bridgehead atoms. The van der Waals surface area contributed by atoms with E-state index >= 15 is 0 Å². The fraction of sp³-hybridized carbons (Fsp3) is 0.471. The molecule has 0 atom stereocenters. The molecule has 1 N–H and O–H groups in total. The van der Waals surface area contributed by atoms with Crippen LogP contribution < -0.4 is 0 Å². The number of aliphatic hydroxyl groups is 1. The van der Waals surface area contributed by atoms with Gasteiger partial charge in [-0.3, -0.25) is 9.48 Å². The average molecular weight is 332 g/mol. The lowest BCUT2D eigenvalue weighted by atomic mass is 9.85. The van der Waals surface area contributed by atoms with Crippen molar-refractivity contribution in [2.75, 3.05) is 13.1 Å². The predicted molar refractivity (Wildman–Crippen MR) is 85.9 cm³/mol. The quantitative estimate of drug-likeness (QED) is 0.871. The first-order valence-electron chi connectivity index (χ1n) is 8.11. The number of hydrogen-bond acceptors (Lipinski definition) is 4. The van der Waals surface area contributed by atoms with Gasteiger partial charge in [-0.25, -0.2) is 4.98 Å². The SMILES string of the molecule is CCn1ncc(C(=O)N2CCC(O)(c3cccnc3F)CC2)c1C. The van der Waals surface area contributed by atoms with Gasteiger partial charge in [0.1, 0.15) is 0 Å². The van der Waals surface area contributed by atoms with Crippen molar-refractivity contribution in [3.8, 4) is 0 Å². The molecule has 1 saturated heterocycles. The second-order valence-electron chi connectivity index (χ2n) is 6.12. The number of hydrogen-bond donors (Lipinski definition) is 1. The predicted octanol–water partition coefficient (Wildman–Crippen LogP) is 1.87. The van der Waals surface area contributed by atoms with Crippen LogP contribution in [0.1, 0.15) is 41.4 Å². The van der Waals surface area contributed by atoms with Crippen LogP contribution in [0.5, 0.6) is 0 Å². The van der Waals surface area contributed by atoms with Gasteiger partial charge in [0, 0.05) is 37.1 Å². The third-order valence-corrected chi connectivity index (χ3v) is 4.77. The number of piperidine rings is 1. The smallest absolute Gasteiger partial charge is 0.257 e. The molecule has 0 spiro atoms. The van der Waals surface area contributed by atoms with Gasteiger partial charge in [0.15, 0.2) is 0 Å². The first-order chi connectivity index (χ1) is 11.5. The fourth-order valence-electron chi connectivity index (χ4n) is 3.23. The van der Waals surface area contributed by atoms with Crippen molar-refractivity contribution >= 4 is 5.91 Å². The molecule has 24 heavy (non-hydrogen) atoms. The third kappa shape index (κ3) is 2.80. The second kappa shape index (κ2) is 6.32. The highest BCUT2D eigenvalue weighted by Gasteiger charge is 2.38. The summed E-state index contributed by atoms with van der Waals surface area (Å²) in [5.41, 5.74) is 0.334. The van der Waals surface area contributed by atoms with Gasteiger partial charge >= 0.3 is 0 Å². The van der Waals surface area contributed by atoms with Gasteiger partial charge in [-0.05, 0) is 32.8 Å². The molecular weight excluding hydrogens is 311 g/mol. The van der Waals surface area contributed by atoms with Crippen molar-refractivity contribution in [3.05, 3.63) is 47.3 Å². The Labute approximate surface area is 139 Å². The summed E-state index contributed by atoms with van der Waals surface area (Å²) in [5, 5.41) is 15.0. The highest BCUT2D eigenvalue weighted by Crippen LogP contribution is 2.34. The first-order valence-corrected chi connectivity index (χ1v) is 8.11. The van der Waals surface area contributed by atoms with E-state index in [1.807, 2.05) is 13.8 Å². The first kappa shape index (κ1) is 16.6. The molecule has 6 nitrogen and oxygen atoms in total. The lowest BCUT2D eigenvalue weighted by Crippen LogP contribution is -2.45. The normalized spacial score (nSPS) is 17.1. The van der Waals surface area contributed by atoms with Gasteiger partial charge < -0.3 is 10.0 Å². The molecule has 1 aliphatic heterocycles. The average Bonchev–Trinajstić information content (AvgIpc) is 2.96. The summed E-state index contributed by atoms with van der Waals surface area (Å²) < 4.78 is 15.6. The maximum absolute atomic E-state index is 13.9. The van der Waals surface area contributed by atoms with Crippen LogP contribution in [-0.4, -0.2) is 43.8 Å². The van der Waals surface area contributed by atoms with E-state index in [0.29, 0.717) is 25.2 Å². The van der Waals surface area contributed by atoms with Gasteiger partial charge in [-0.15, -0.1) is 0 Å². The maximum atomic E-state index is 13.9. The van der Waals surface area contributed by atoms with E-state index in [2.05, 4.69) is 10.1 Å². The second-order valence-corrected chi connectivity index (χ2v) is 6.12. The Kier molecular flexibility index (Phi) is 4.36. The molecule has 0 saturated carbocycles. The van der Waals surface area contributed by atoms with Gasteiger partial charge in [0.25, 0.3) is 5.91 Å². The van der Waals surface area contributed by atoms with E-state index in [1.54, 1.807) is 27.9 Å². The number of nitrogens with zero attached hydrogens (tertiary/aromatic N) is 4. The molecule has 3 rings (SSSR count). The number of halogens is 1. The minimum absolute atomic E-state index is 0.0964. The van der Waals surface area contributed by atoms with E-state index in [0.717, 1.165) is 5.69 Å². The summed E-state index contributed by atoms with van der Waals surface area (Å²) in [7, 11) is 0. The lowest BCUT2D eigenvalue weighted by Gasteiger charge is -2.38. The Bertz CT molecular complexity index is 751. The molecule has 7 heteroatoms. The number of carbonyl (C=O) groups is 1. The van der Waals surface area contributed by atoms with Crippen LogP contribution in [0.25, 0.3) is 0 Å². The summed E-state index contributed by atoms with van der Waals surface area (Å²) in [6.07, 6.45) is 3.50. The Hall–Kier alpha value is -2.28. The van der Waals surface area contributed by atoms with Crippen molar-refractivity contribution in [2.45, 2.75) is 38.8 Å². The van der Waals surface area contributed by atoms with Crippen molar-refractivity contribution in [3.63, 3.8) is 0 Å². The molecule has 1 amide bonds. The highest BCUT2D eigenvalue weighted by atomic mass is 19.1. The molecule has 2 aromatic heterocycles. The molecule has 2 aromatic rings. The van der Waals surface area contributed by atoms with Crippen molar-refractivity contribution in [2.24, 2.45) is 0 Å². The molecule has 1 fully saturated rings. The van der Waals surface area contributed by atoms with Crippen molar-refractivity contribution in [1.29, 1.82) is 0 Å². The Balaban J connectivity index is 1.74. The molecule has 3 heterocycles. The molecule has 128 valence electrons. The van der Waals surface area contributed by atoms with Crippen LogP contribution in [0.2, 0.25) is 0 Å². The van der Waals surface area contributed by atoms with Gasteiger partial charge in [-0.2, -0.15) is 9.49 Å². The van der Waals surface area contributed by atoms with Gasteiger partial charge in [-0.1, -0.05) is 6.07 Å². The largest absolute Gasteiger partial charge is 0.385 e. The zero-order chi connectivity index (χ0) is 17.3. The number of aryl methyl sites for hydroxylation is 1. The number of pyridine rings is 1. The fourth-order valence-corrected chi connectivity index (χ4v) is 3.23. The summed E-state index contributed by atoms with van der Waals surface area (Å²) in [6, 6.07) is 3.16. The number of rotatable bonds is 3. The molecule has 1 aliphatic rings. The zero-order valence-electron chi connectivity index (χ0n) is 13.9. The number of carbonyl (C=O) groups excluding carboxylic acids is 1. The molecular formula is C17H21FN4O2. The number of amides is 1. The van der Waals surface area contributed by atoms with E-state index in [-0.39, 0.29) is 24.3 Å². The monoisotopic (exact) mass is 332 g/mol.